The number of hydrogen-bond acceptors (Lipinski definition) is 2. The van der Waals surface area contributed by atoms with Gasteiger partial charge in [-0.2, -0.15) is 5.10 Å². The normalized spacial score (nSPS) is 37.3. The SMILES string of the molecule is CCC(NC(=O)c1ccnn1C)C12CC3CC(CC(C3)C1)C2. The zero-order chi connectivity index (χ0) is 15.3. The van der Waals surface area contributed by atoms with Crippen molar-refractivity contribution in [1.82, 2.24) is 15.1 Å². The van der Waals surface area contributed by atoms with Gasteiger partial charge in [0.2, 0.25) is 0 Å². The Kier molecular flexibility index (Phi) is 3.31. The maximum absolute atomic E-state index is 12.6. The lowest BCUT2D eigenvalue weighted by Crippen LogP contribution is -2.56. The summed E-state index contributed by atoms with van der Waals surface area (Å²) in [5, 5.41) is 7.49. The third-order valence-corrected chi connectivity index (χ3v) is 6.59. The Hall–Kier alpha value is -1.32. The fraction of sp³-hybridized carbons (Fsp3) is 0.778. The zero-order valence-corrected chi connectivity index (χ0v) is 13.7. The summed E-state index contributed by atoms with van der Waals surface area (Å²) < 4.78 is 1.67. The third kappa shape index (κ3) is 2.19. The highest BCUT2D eigenvalue weighted by Gasteiger charge is 2.54. The van der Waals surface area contributed by atoms with Crippen molar-refractivity contribution in [3.63, 3.8) is 0 Å². The molecule has 1 N–H and O–H groups in total. The predicted octanol–water partition coefficient (Wildman–Crippen LogP) is 3.14. The number of aryl methyl sites for hydroxylation is 1. The Morgan fingerprint density at radius 3 is 2.36 bits per heavy atom. The molecule has 4 aliphatic carbocycles. The van der Waals surface area contributed by atoms with E-state index in [0.29, 0.717) is 17.2 Å². The molecule has 1 amide bonds. The largest absolute Gasteiger partial charge is 0.347 e. The minimum atomic E-state index is 0.0441. The van der Waals surface area contributed by atoms with Crippen LogP contribution >= 0.6 is 0 Å². The lowest BCUT2D eigenvalue weighted by Gasteiger charge is -2.59. The van der Waals surface area contributed by atoms with E-state index in [1.165, 1.54) is 38.5 Å². The van der Waals surface area contributed by atoms with Gasteiger partial charge in [0, 0.05) is 19.3 Å². The van der Waals surface area contributed by atoms with Gasteiger partial charge in [-0.05, 0) is 74.2 Å². The maximum atomic E-state index is 12.6. The van der Waals surface area contributed by atoms with Crippen LogP contribution in [0.4, 0.5) is 0 Å². The lowest BCUT2D eigenvalue weighted by atomic mass is 9.47. The minimum Gasteiger partial charge on any atom is -0.347 e. The van der Waals surface area contributed by atoms with Gasteiger partial charge in [0.05, 0.1) is 0 Å². The molecule has 1 aromatic heterocycles. The number of nitrogens with one attached hydrogen (secondary N) is 1. The molecule has 120 valence electrons. The molecular formula is C18H27N3O. The number of carbonyl (C=O) groups excluding carboxylic acids is 1. The Labute approximate surface area is 132 Å². The molecule has 0 spiro atoms. The Morgan fingerprint density at radius 2 is 1.91 bits per heavy atom. The highest BCUT2D eigenvalue weighted by molar-refractivity contribution is 5.92. The van der Waals surface area contributed by atoms with Gasteiger partial charge in [0.25, 0.3) is 5.91 Å². The summed E-state index contributed by atoms with van der Waals surface area (Å²) in [6, 6.07) is 2.13. The topological polar surface area (TPSA) is 46.9 Å². The van der Waals surface area contributed by atoms with Gasteiger partial charge < -0.3 is 5.32 Å². The van der Waals surface area contributed by atoms with Gasteiger partial charge >= 0.3 is 0 Å². The van der Waals surface area contributed by atoms with Crippen LogP contribution in [0.1, 0.15) is 62.4 Å². The van der Waals surface area contributed by atoms with Crippen molar-refractivity contribution in [3.8, 4) is 0 Å². The molecule has 4 saturated carbocycles. The van der Waals surface area contributed by atoms with E-state index < -0.39 is 0 Å². The van der Waals surface area contributed by atoms with Crippen molar-refractivity contribution in [1.29, 1.82) is 0 Å². The Balaban J connectivity index is 1.55. The van der Waals surface area contributed by atoms with Crippen LogP contribution in [0.3, 0.4) is 0 Å². The van der Waals surface area contributed by atoms with Gasteiger partial charge in [-0.3, -0.25) is 9.48 Å². The first kappa shape index (κ1) is 14.3. The molecule has 4 fully saturated rings. The number of amides is 1. The summed E-state index contributed by atoms with van der Waals surface area (Å²) in [7, 11) is 1.83. The standard InChI is InChI=1S/C18H27N3O/c1-3-16(20-17(22)15-4-5-19-21(15)2)18-9-12-6-13(10-18)8-14(7-12)11-18/h4-5,12-14,16H,3,6-11H2,1-2H3,(H,20,22). The van der Waals surface area contributed by atoms with Crippen molar-refractivity contribution >= 4 is 5.91 Å². The van der Waals surface area contributed by atoms with Gasteiger partial charge in [-0.15, -0.1) is 0 Å². The van der Waals surface area contributed by atoms with Crippen LogP contribution in [0, 0.1) is 23.2 Å². The quantitative estimate of drug-likeness (QED) is 0.928. The van der Waals surface area contributed by atoms with Crippen LogP contribution in [0.2, 0.25) is 0 Å². The number of rotatable bonds is 4. The third-order valence-electron chi connectivity index (χ3n) is 6.59. The van der Waals surface area contributed by atoms with E-state index in [1.807, 2.05) is 13.1 Å². The van der Waals surface area contributed by atoms with Crippen LogP contribution in [-0.2, 0) is 7.05 Å². The van der Waals surface area contributed by atoms with E-state index in [0.717, 1.165) is 24.2 Å². The molecule has 0 saturated heterocycles. The van der Waals surface area contributed by atoms with E-state index >= 15 is 0 Å². The molecule has 1 unspecified atom stereocenters. The molecule has 1 aromatic rings. The average molecular weight is 301 g/mol. The molecule has 0 aliphatic heterocycles. The summed E-state index contributed by atoms with van der Waals surface area (Å²) in [4.78, 5) is 12.6. The molecular weight excluding hydrogens is 274 g/mol. The van der Waals surface area contributed by atoms with Crippen LogP contribution in [0.25, 0.3) is 0 Å². The van der Waals surface area contributed by atoms with Gasteiger partial charge in [0.1, 0.15) is 5.69 Å². The Bertz CT molecular complexity index is 541. The zero-order valence-electron chi connectivity index (χ0n) is 13.7. The van der Waals surface area contributed by atoms with Gasteiger partial charge in [-0.1, -0.05) is 6.92 Å². The first-order valence-electron chi connectivity index (χ1n) is 8.88. The second-order valence-electron chi connectivity index (χ2n) is 8.05. The molecule has 0 radical (unpaired) electrons. The molecule has 4 bridgehead atoms. The van der Waals surface area contributed by atoms with Crippen molar-refractivity contribution in [2.75, 3.05) is 0 Å². The molecule has 4 nitrogen and oxygen atoms in total. The van der Waals surface area contributed by atoms with E-state index in [4.69, 9.17) is 0 Å². The molecule has 0 aromatic carbocycles. The molecule has 1 heterocycles. The van der Waals surface area contributed by atoms with E-state index in [-0.39, 0.29) is 5.91 Å². The highest BCUT2D eigenvalue weighted by Crippen LogP contribution is 2.61. The summed E-state index contributed by atoms with van der Waals surface area (Å²) in [6.45, 7) is 2.23. The maximum Gasteiger partial charge on any atom is 0.269 e. The summed E-state index contributed by atoms with van der Waals surface area (Å²) in [5.74, 6) is 2.82. The summed E-state index contributed by atoms with van der Waals surface area (Å²) in [5.41, 5.74) is 1.04. The number of nitrogens with zero attached hydrogens (tertiary/aromatic N) is 2. The molecule has 4 heteroatoms. The fourth-order valence-corrected chi connectivity index (χ4v) is 6.12. The molecule has 1 atom stereocenters. The average Bonchev–Trinajstić information content (AvgIpc) is 2.89. The van der Waals surface area contributed by atoms with Crippen molar-refractivity contribution in [2.24, 2.45) is 30.2 Å². The van der Waals surface area contributed by atoms with E-state index in [9.17, 15) is 4.79 Å². The number of hydrogen-bond donors (Lipinski definition) is 1. The monoisotopic (exact) mass is 301 g/mol. The second-order valence-corrected chi connectivity index (χ2v) is 8.05. The smallest absolute Gasteiger partial charge is 0.269 e. The van der Waals surface area contributed by atoms with Crippen molar-refractivity contribution in [2.45, 2.75) is 57.9 Å². The number of aromatic nitrogens is 2. The summed E-state index contributed by atoms with van der Waals surface area (Å²) >= 11 is 0. The van der Waals surface area contributed by atoms with Crippen LogP contribution in [0.5, 0.6) is 0 Å². The fourth-order valence-electron chi connectivity index (χ4n) is 6.12. The molecule has 4 aliphatic rings. The lowest BCUT2D eigenvalue weighted by molar-refractivity contribution is -0.0727. The highest BCUT2D eigenvalue weighted by atomic mass is 16.2. The van der Waals surface area contributed by atoms with E-state index in [1.54, 1.807) is 10.9 Å². The van der Waals surface area contributed by atoms with Crippen LogP contribution in [0.15, 0.2) is 12.3 Å². The van der Waals surface area contributed by atoms with E-state index in [2.05, 4.69) is 17.3 Å². The van der Waals surface area contributed by atoms with Gasteiger partial charge in [0.15, 0.2) is 0 Å². The number of carbonyl (C=O) groups is 1. The van der Waals surface area contributed by atoms with Crippen LogP contribution in [-0.4, -0.2) is 21.7 Å². The minimum absolute atomic E-state index is 0.0441. The molecule has 22 heavy (non-hydrogen) atoms. The summed E-state index contributed by atoms with van der Waals surface area (Å²) in [6.07, 6.45) is 11.1. The predicted molar refractivity (Wildman–Crippen MR) is 85.4 cm³/mol. The van der Waals surface area contributed by atoms with Crippen molar-refractivity contribution in [3.05, 3.63) is 18.0 Å². The second kappa shape index (κ2) is 5.10. The first-order valence-corrected chi connectivity index (χ1v) is 8.88. The first-order chi connectivity index (χ1) is 10.6. The Morgan fingerprint density at radius 1 is 1.32 bits per heavy atom. The van der Waals surface area contributed by atoms with Crippen molar-refractivity contribution < 1.29 is 4.79 Å². The molecule has 5 rings (SSSR count). The van der Waals surface area contributed by atoms with Crippen LogP contribution < -0.4 is 5.32 Å². The van der Waals surface area contributed by atoms with Gasteiger partial charge in [-0.25, -0.2) is 0 Å².